The second-order valence-electron chi connectivity index (χ2n) is 2.58. The molecule has 0 aliphatic heterocycles. The van der Waals surface area contributed by atoms with Gasteiger partial charge in [0.05, 0.1) is 4.90 Å². The topological polar surface area (TPSA) is 46.2 Å². The molecular formula is C8H10FNO2S. The van der Waals surface area contributed by atoms with Gasteiger partial charge in [0.1, 0.15) is 0 Å². The van der Waals surface area contributed by atoms with Crippen LogP contribution in [0.15, 0.2) is 29.2 Å². The molecule has 5 heteroatoms. The fraction of sp³-hybridized carbons (Fsp3) is 0.250. The lowest BCUT2D eigenvalue weighted by Gasteiger charge is -2.01. The van der Waals surface area contributed by atoms with Crippen LogP contribution in [0.2, 0.25) is 0 Å². The molecule has 0 radical (unpaired) electrons. The molecular weight excluding hydrogens is 193 g/mol. The maximum Gasteiger partial charge on any atom is 0.266 e. The monoisotopic (exact) mass is 203 g/mol. The van der Waals surface area contributed by atoms with Gasteiger partial charge in [0.2, 0.25) is 0 Å². The summed E-state index contributed by atoms with van der Waals surface area (Å²) >= 11 is 0. The molecule has 3 nitrogen and oxygen atoms in total. The van der Waals surface area contributed by atoms with E-state index in [1.165, 1.54) is 12.1 Å². The third-order valence-corrected chi connectivity index (χ3v) is 2.80. The molecule has 0 aromatic heterocycles. The smallest absolute Gasteiger partial charge is 0.205 e. The van der Waals surface area contributed by atoms with Crippen LogP contribution < -0.4 is 4.94 Å². The molecule has 0 saturated heterocycles. The van der Waals surface area contributed by atoms with E-state index in [4.69, 9.17) is 0 Å². The number of benzene rings is 1. The predicted octanol–water partition coefficient (Wildman–Crippen LogP) is 1.41. The Hall–Kier alpha value is -0.940. The third-order valence-electron chi connectivity index (χ3n) is 1.72. The summed E-state index contributed by atoms with van der Waals surface area (Å²) in [7, 11) is -3.95. The highest BCUT2D eigenvalue weighted by molar-refractivity contribution is 7.89. The second kappa shape index (κ2) is 3.85. The molecule has 1 aromatic carbocycles. The van der Waals surface area contributed by atoms with Gasteiger partial charge in [0.25, 0.3) is 10.0 Å². The largest absolute Gasteiger partial charge is 0.266 e. The first-order valence-corrected chi connectivity index (χ1v) is 5.30. The average Bonchev–Trinajstić information content (AvgIpc) is 2.18. The fourth-order valence-corrected chi connectivity index (χ4v) is 1.63. The summed E-state index contributed by atoms with van der Waals surface area (Å²) in [6.07, 6.45) is 0.718. The van der Waals surface area contributed by atoms with Crippen LogP contribution in [-0.2, 0) is 16.4 Å². The van der Waals surface area contributed by atoms with Gasteiger partial charge in [-0.2, -0.15) is 0 Å². The molecule has 0 aliphatic carbocycles. The van der Waals surface area contributed by atoms with Gasteiger partial charge >= 0.3 is 0 Å². The number of hydrogen-bond donors (Lipinski definition) is 1. The minimum atomic E-state index is -3.95. The average molecular weight is 203 g/mol. The molecule has 0 fully saturated rings. The highest BCUT2D eigenvalue weighted by Gasteiger charge is 2.12. The normalized spacial score (nSPS) is 11.5. The minimum Gasteiger partial charge on any atom is -0.205 e. The van der Waals surface area contributed by atoms with E-state index in [1.54, 1.807) is 12.1 Å². The Morgan fingerprint density at radius 3 is 2.69 bits per heavy atom. The molecule has 1 N–H and O–H groups in total. The van der Waals surface area contributed by atoms with Gasteiger partial charge in [-0.1, -0.05) is 19.1 Å². The lowest BCUT2D eigenvalue weighted by Crippen LogP contribution is -2.14. The lowest BCUT2D eigenvalue weighted by atomic mass is 10.2. The summed E-state index contributed by atoms with van der Waals surface area (Å²) < 4.78 is 33.8. The summed E-state index contributed by atoms with van der Waals surface area (Å²) in [5.74, 6) is 0. The van der Waals surface area contributed by atoms with Crippen LogP contribution in [0.5, 0.6) is 0 Å². The summed E-state index contributed by atoms with van der Waals surface area (Å²) in [5.41, 5.74) is 0.858. The molecule has 0 aliphatic rings. The zero-order chi connectivity index (χ0) is 9.90. The van der Waals surface area contributed by atoms with Crippen LogP contribution in [0, 0.1) is 0 Å². The van der Waals surface area contributed by atoms with E-state index >= 15 is 0 Å². The van der Waals surface area contributed by atoms with Crippen molar-refractivity contribution in [2.75, 3.05) is 0 Å². The summed E-state index contributed by atoms with van der Waals surface area (Å²) in [6.45, 7) is 1.90. The number of rotatable bonds is 3. The summed E-state index contributed by atoms with van der Waals surface area (Å²) in [5, 5.41) is 0. The van der Waals surface area contributed by atoms with Crippen LogP contribution in [-0.4, -0.2) is 8.42 Å². The van der Waals surface area contributed by atoms with Gasteiger partial charge in [-0.25, -0.2) is 8.42 Å². The Morgan fingerprint density at radius 2 is 2.15 bits per heavy atom. The molecule has 13 heavy (non-hydrogen) atoms. The van der Waals surface area contributed by atoms with Crippen LogP contribution in [0.1, 0.15) is 12.5 Å². The molecule has 1 rings (SSSR count). The molecule has 0 spiro atoms. The highest BCUT2D eigenvalue weighted by Crippen LogP contribution is 2.11. The number of aryl methyl sites for hydroxylation is 1. The van der Waals surface area contributed by atoms with Crippen LogP contribution in [0.4, 0.5) is 4.48 Å². The van der Waals surface area contributed by atoms with Gasteiger partial charge in [-0.05, 0) is 29.1 Å². The molecule has 72 valence electrons. The zero-order valence-electron chi connectivity index (χ0n) is 7.12. The van der Waals surface area contributed by atoms with Crippen molar-refractivity contribution in [3.63, 3.8) is 0 Å². The van der Waals surface area contributed by atoms with Crippen LogP contribution in [0.25, 0.3) is 0 Å². The Labute approximate surface area is 76.6 Å². The predicted molar refractivity (Wildman–Crippen MR) is 47.2 cm³/mol. The van der Waals surface area contributed by atoms with E-state index in [1.807, 2.05) is 6.92 Å². The zero-order valence-corrected chi connectivity index (χ0v) is 7.94. The second-order valence-corrected chi connectivity index (χ2v) is 4.21. The highest BCUT2D eigenvalue weighted by atomic mass is 32.2. The molecule has 0 bridgehead atoms. The first-order valence-electron chi connectivity index (χ1n) is 3.81. The first kappa shape index (κ1) is 10.1. The van der Waals surface area contributed by atoms with Gasteiger partial charge in [-0.15, -0.1) is 4.48 Å². The number of nitrogens with one attached hydrogen (secondary N) is 1. The van der Waals surface area contributed by atoms with Crippen molar-refractivity contribution in [1.29, 1.82) is 0 Å². The van der Waals surface area contributed by atoms with Gasteiger partial charge in [-0.3, -0.25) is 0 Å². The Bertz CT molecular complexity index is 389. The fourth-order valence-electron chi connectivity index (χ4n) is 0.977. The van der Waals surface area contributed by atoms with Crippen LogP contribution in [0.3, 0.4) is 0 Å². The SMILES string of the molecule is CCc1cccc(S(=O)(=O)NF)c1. The number of sulfonamides is 1. The van der Waals surface area contributed by atoms with Crippen molar-refractivity contribution in [3.8, 4) is 0 Å². The van der Waals surface area contributed by atoms with E-state index in [0.717, 1.165) is 16.9 Å². The van der Waals surface area contributed by atoms with Crippen molar-refractivity contribution >= 4 is 10.0 Å². The van der Waals surface area contributed by atoms with Crippen molar-refractivity contribution in [2.24, 2.45) is 0 Å². The minimum absolute atomic E-state index is 0.0469. The number of halogens is 1. The van der Waals surface area contributed by atoms with E-state index in [0.29, 0.717) is 0 Å². The van der Waals surface area contributed by atoms with Crippen LogP contribution >= 0.6 is 0 Å². The van der Waals surface area contributed by atoms with Crippen molar-refractivity contribution in [1.82, 2.24) is 4.94 Å². The maximum atomic E-state index is 11.9. The van der Waals surface area contributed by atoms with Gasteiger partial charge < -0.3 is 0 Å². The summed E-state index contributed by atoms with van der Waals surface area (Å²) in [4.78, 5) is 0.734. The maximum absolute atomic E-state index is 11.9. The quantitative estimate of drug-likeness (QED) is 0.755. The van der Waals surface area contributed by atoms with E-state index < -0.39 is 10.0 Å². The molecule has 0 atom stereocenters. The summed E-state index contributed by atoms with van der Waals surface area (Å²) in [6, 6.07) is 6.17. The Balaban J connectivity index is 3.17. The molecule has 1 aromatic rings. The van der Waals surface area contributed by atoms with E-state index in [-0.39, 0.29) is 4.90 Å². The molecule has 0 heterocycles. The standard InChI is InChI=1S/C8H10FNO2S/c1-2-7-4-3-5-8(6-7)13(11,12)10-9/h3-6,10H,2H2,1H3. The van der Waals surface area contributed by atoms with Crippen molar-refractivity contribution < 1.29 is 12.9 Å². The Kier molecular flexibility index (Phi) is 3.00. The van der Waals surface area contributed by atoms with Gasteiger partial charge in [0, 0.05) is 0 Å². The van der Waals surface area contributed by atoms with E-state index in [9.17, 15) is 12.9 Å². The Morgan fingerprint density at radius 1 is 1.46 bits per heavy atom. The molecule has 0 unspecified atom stereocenters. The van der Waals surface area contributed by atoms with Gasteiger partial charge in [0.15, 0.2) is 0 Å². The molecule has 0 amide bonds. The van der Waals surface area contributed by atoms with Crippen molar-refractivity contribution in [3.05, 3.63) is 29.8 Å². The lowest BCUT2D eigenvalue weighted by molar-refractivity contribution is 0.425. The van der Waals surface area contributed by atoms with Crippen molar-refractivity contribution in [2.45, 2.75) is 18.2 Å². The van der Waals surface area contributed by atoms with E-state index in [2.05, 4.69) is 0 Å². The first-order chi connectivity index (χ1) is 6.10. The number of hydrogen-bond acceptors (Lipinski definition) is 2. The third kappa shape index (κ3) is 2.26. The molecule has 0 saturated carbocycles.